The van der Waals surface area contributed by atoms with E-state index in [1.807, 2.05) is 39.0 Å². The zero-order valence-corrected chi connectivity index (χ0v) is 17.6. The van der Waals surface area contributed by atoms with Gasteiger partial charge in [0, 0.05) is 11.1 Å². The van der Waals surface area contributed by atoms with Gasteiger partial charge in [0.15, 0.2) is 11.6 Å². The maximum absolute atomic E-state index is 14.6. The van der Waals surface area contributed by atoms with Gasteiger partial charge in [-0.25, -0.2) is 4.39 Å². The fourth-order valence-electron chi connectivity index (χ4n) is 3.29. The van der Waals surface area contributed by atoms with Gasteiger partial charge in [0.2, 0.25) is 0 Å². The number of fused-ring (bicyclic) bond motifs is 1. The Hall–Kier alpha value is -3.13. The highest BCUT2D eigenvalue weighted by molar-refractivity contribution is 5.80. The van der Waals surface area contributed by atoms with Crippen molar-refractivity contribution in [1.29, 1.82) is 5.26 Å². The molecule has 0 aliphatic rings. The molecule has 3 aromatic rings. The molecule has 1 atom stereocenters. The van der Waals surface area contributed by atoms with Gasteiger partial charge in [0.05, 0.1) is 18.6 Å². The predicted octanol–water partition coefficient (Wildman–Crippen LogP) is 5.29. The number of aromatic nitrogens is 1. The molecule has 1 N–H and O–H groups in total. The fraction of sp³-hybridized carbons (Fsp3) is 0.333. The molecule has 1 heterocycles. The van der Waals surface area contributed by atoms with Crippen LogP contribution >= 0.6 is 0 Å². The van der Waals surface area contributed by atoms with Crippen molar-refractivity contribution in [2.45, 2.75) is 46.0 Å². The summed E-state index contributed by atoms with van der Waals surface area (Å²) in [5.41, 5.74) is 1.44. The second-order valence-electron chi connectivity index (χ2n) is 6.83. The van der Waals surface area contributed by atoms with Crippen LogP contribution in [-0.2, 0) is 18.3 Å². The van der Waals surface area contributed by atoms with Gasteiger partial charge in [-0.2, -0.15) is 5.26 Å². The number of benzene rings is 2. The summed E-state index contributed by atoms with van der Waals surface area (Å²) in [5.74, 6) is -0.300. The zero-order valence-electron chi connectivity index (χ0n) is 17.6. The number of methoxy groups -OCH3 is 1. The Morgan fingerprint density at radius 1 is 1.17 bits per heavy atom. The number of rotatable bonds is 5. The maximum atomic E-state index is 14.6. The summed E-state index contributed by atoms with van der Waals surface area (Å²) in [6.07, 6.45) is 0.841. The zero-order chi connectivity index (χ0) is 21.6. The van der Waals surface area contributed by atoms with Crippen molar-refractivity contribution in [3.63, 3.8) is 0 Å². The highest BCUT2D eigenvalue weighted by Gasteiger charge is 2.29. The first-order valence-electron chi connectivity index (χ1n) is 9.81. The van der Waals surface area contributed by atoms with Gasteiger partial charge >= 0.3 is 0 Å². The van der Waals surface area contributed by atoms with E-state index in [0.717, 1.165) is 16.5 Å². The summed E-state index contributed by atoms with van der Waals surface area (Å²) in [7, 11) is 1.41. The lowest BCUT2D eigenvalue weighted by atomic mass is 9.78. The van der Waals surface area contributed by atoms with Gasteiger partial charge in [-0.3, -0.25) is 4.79 Å². The van der Waals surface area contributed by atoms with Crippen LogP contribution in [0, 0.1) is 17.1 Å². The molecular weight excluding hydrogens is 367 g/mol. The fourth-order valence-corrected chi connectivity index (χ4v) is 3.29. The molecule has 0 fully saturated rings. The van der Waals surface area contributed by atoms with Gasteiger partial charge in [0.25, 0.3) is 5.56 Å². The van der Waals surface area contributed by atoms with Crippen molar-refractivity contribution < 1.29 is 9.13 Å². The second kappa shape index (κ2) is 9.38. The molecule has 29 heavy (non-hydrogen) atoms. The van der Waals surface area contributed by atoms with Crippen LogP contribution in [0.1, 0.15) is 44.4 Å². The van der Waals surface area contributed by atoms with Crippen LogP contribution in [0.3, 0.4) is 0 Å². The largest absolute Gasteiger partial charge is 0.494 e. The number of nitrogens with zero attached hydrogens (tertiary/aromatic N) is 1. The van der Waals surface area contributed by atoms with Crippen molar-refractivity contribution >= 4 is 10.9 Å². The quantitative estimate of drug-likeness (QED) is 0.639. The first kappa shape index (κ1) is 22.2. The third-order valence-corrected chi connectivity index (χ3v) is 4.99. The number of aryl methyl sites for hydroxylation is 1. The molecule has 2 aromatic carbocycles. The van der Waals surface area contributed by atoms with E-state index in [2.05, 4.69) is 11.1 Å². The number of aromatic amines is 1. The highest BCUT2D eigenvalue weighted by Crippen LogP contribution is 2.32. The number of nitrogens with one attached hydrogen (secondary N) is 1. The molecule has 0 saturated carbocycles. The van der Waals surface area contributed by atoms with Crippen LogP contribution in [0.2, 0.25) is 0 Å². The number of nitriles is 1. The number of hydrogen-bond acceptors (Lipinski definition) is 3. The Balaban J connectivity index is 0.00000145. The molecule has 1 unspecified atom stereocenters. The Bertz CT molecular complexity index is 1100. The molecule has 0 bridgehead atoms. The number of hydrogen-bond donors (Lipinski definition) is 1. The minimum Gasteiger partial charge on any atom is -0.494 e. The lowest BCUT2D eigenvalue weighted by molar-refractivity contribution is 0.382. The first-order valence-corrected chi connectivity index (χ1v) is 9.81. The predicted molar refractivity (Wildman–Crippen MR) is 115 cm³/mol. The van der Waals surface area contributed by atoms with Crippen LogP contribution in [0.25, 0.3) is 10.9 Å². The Morgan fingerprint density at radius 3 is 2.52 bits per heavy atom. The lowest BCUT2D eigenvalue weighted by Gasteiger charge is -2.23. The summed E-state index contributed by atoms with van der Waals surface area (Å²) in [5, 5.41) is 10.8. The number of halogens is 1. The molecule has 0 aliphatic carbocycles. The molecule has 0 aliphatic heterocycles. The Labute approximate surface area is 171 Å². The number of pyridine rings is 1. The van der Waals surface area contributed by atoms with E-state index in [9.17, 15) is 14.4 Å². The van der Waals surface area contributed by atoms with Crippen LogP contribution in [0.5, 0.6) is 5.75 Å². The molecule has 3 rings (SSSR count). The summed E-state index contributed by atoms with van der Waals surface area (Å²) < 4.78 is 19.6. The van der Waals surface area contributed by atoms with Crippen molar-refractivity contribution in [2.24, 2.45) is 0 Å². The number of H-pyrrole nitrogens is 1. The Kier molecular flexibility index (Phi) is 7.17. The first-order chi connectivity index (χ1) is 13.9. The third kappa shape index (κ3) is 4.48. The molecule has 0 saturated heterocycles. The number of ether oxygens (including phenoxy) is 1. The van der Waals surface area contributed by atoms with Crippen molar-refractivity contribution in [2.75, 3.05) is 7.11 Å². The topological polar surface area (TPSA) is 65.9 Å². The van der Waals surface area contributed by atoms with Crippen molar-refractivity contribution in [1.82, 2.24) is 4.98 Å². The van der Waals surface area contributed by atoms with Gasteiger partial charge < -0.3 is 9.72 Å². The minimum absolute atomic E-state index is 0.125. The van der Waals surface area contributed by atoms with E-state index >= 15 is 0 Å². The summed E-state index contributed by atoms with van der Waals surface area (Å²) in [6, 6.07) is 14.6. The van der Waals surface area contributed by atoms with Gasteiger partial charge in [0.1, 0.15) is 0 Å². The SMILES string of the molecule is CC.CCc1cc2ccc(C(C)(C#N)Cc3cccc(OC)c3F)cc2[nH]c1=O. The average molecular weight is 394 g/mol. The minimum atomic E-state index is -0.957. The van der Waals surface area contributed by atoms with Crippen LogP contribution in [-0.4, -0.2) is 12.1 Å². The van der Waals surface area contributed by atoms with Crippen LogP contribution in [0.15, 0.2) is 47.3 Å². The average Bonchev–Trinajstić information content (AvgIpc) is 2.75. The smallest absolute Gasteiger partial charge is 0.251 e. The molecule has 4 nitrogen and oxygen atoms in total. The molecule has 0 spiro atoms. The molecule has 152 valence electrons. The lowest BCUT2D eigenvalue weighted by Crippen LogP contribution is -2.24. The van der Waals surface area contributed by atoms with E-state index in [4.69, 9.17) is 4.74 Å². The van der Waals surface area contributed by atoms with E-state index in [0.29, 0.717) is 17.5 Å². The molecule has 5 heteroatoms. The third-order valence-electron chi connectivity index (χ3n) is 4.99. The molecule has 1 aromatic heterocycles. The summed E-state index contributed by atoms with van der Waals surface area (Å²) >= 11 is 0. The molecule has 0 radical (unpaired) electrons. The molecule has 0 amide bonds. The van der Waals surface area contributed by atoms with E-state index in [1.54, 1.807) is 31.2 Å². The van der Waals surface area contributed by atoms with Gasteiger partial charge in [-0.05, 0) is 54.5 Å². The highest BCUT2D eigenvalue weighted by atomic mass is 19.1. The van der Waals surface area contributed by atoms with Crippen LogP contribution < -0.4 is 10.3 Å². The van der Waals surface area contributed by atoms with Crippen molar-refractivity contribution in [3.8, 4) is 11.8 Å². The summed E-state index contributed by atoms with van der Waals surface area (Å²) in [6.45, 7) is 7.70. The second-order valence-corrected chi connectivity index (χ2v) is 6.83. The normalized spacial score (nSPS) is 12.4. The van der Waals surface area contributed by atoms with Gasteiger partial charge in [-0.15, -0.1) is 0 Å². The van der Waals surface area contributed by atoms with E-state index < -0.39 is 11.2 Å². The monoisotopic (exact) mass is 394 g/mol. The van der Waals surface area contributed by atoms with Gasteiger partial charge in [-0.1, -0.05) is 45.0 Å². The van der Waals surface area contributed by atoms with E-state index in [-0.39, 0.29) is 17.7 Å². The molecular formula is C24H27FN2O2. The van der Waals surface area contributed by atoms with Crippen molar-refractivity contribution in [3.05, 3.63) is 75.3 Å². The summed E-state index contributed by atoms with van der Waals surface area (Å²) in [4.78, 5) is 15.0. The standard InChI is InChI=1S/C22H21FN2O2.C2H6/c1-4-14-10-15-8-9-17(11-18(15)25-21(14)26)22(2,13-24)12-16-6-5-7-19(27-3)20(16)23;1-2/h5-11H,4,12H2,1-3H3,(H,25,26);1-2H3. The maximum Gasteiger partial charge on any atom is 0.251 e. The van der Waals surface area contributed by atoms with Crippen LogP contribution in [0.4, 0.5) is 4.39 Å². The Morgan fingerprint density at radius 2 is 1.90 bits per heavy atom. The van der Waals surface area contributed by atoms with E-state index in [1.165, 1.54) is 7.11 Å².